The van der Waals surface area contributed by atoms with Crippen LogP contribution in [0.1, 0.15) is 0 Å². The van der Waals surface area contributed by atoms with Gasteiger partial charge in [-0.1, -0.05) is 48.5 Å². The molecule has 6 heteroatoms. The van der Waals surface area contributed by atoms with E-state index in [2.05, 4.69) is 63.1 Å². The second kappa shape index (κ2) is 8.77. The van der Waals surface area contributed by atoms with Gasteiger partial charge in [0.2, 0.25) is 0 Å². The number of para-hydroxylation sites is 2. The number of rotatable bonds is 4. The molecule has 0 spiro atoms. The molecule has 0 aliphatic rings. The third-order valence-electron chi connectivity index (χ3n) is 6.41. The van der Waals surface area contributed by atoms with E-state index in [1.165, 1.54) is 10.8 Å². The van der Waals surface area contributed by atoms with Crippen molar-refractivity contribution in [2.45, 2.75) is 0 Å². The Labute approximate surface area is 213 Å². The minimum atomic E-state index is 0.612. The van der Waals surface area contributed by atoms with Gasteiger partial charge in [-0.15, -0.1) is 0 Å². The van der Waals surface area contributed by atoms with Crippen LogP contribution < -0.4 is 0 Å². The number of hydrogen-bond acceptors (Lipinski definition) is 5. The lowest BCUT2D eigenvalue weighted by Crippen LogP contribution is -1.99. The van der Waals surface area contributed by atoms with Gasteiger partial charge in [0.1, 0.15) is 0 Å². The molecule has 0 N–H and O–H groups in total. The van der Waals surface area contributed by atoms with Crippen molar-refractivity contribution < 1.29 is 0 Å². The Kier molecular flexibility index (Phi) is 5.00. The van der Waals surface area contributed by atoms with E-state index in [1.54, 1.807) is 12.4 Å². The molecule has 37 heavy (non-hydrogen) atoms. The lowest BCUT2D eigenvalue weighted by atomic mass is 10.1. The molecule has 0 bridgehead atoms. The fourth-order valence-corrected chi connectivity index (χ4v) is 4.74. The van der Waals surface area contributed by atoms with E-state index < -0.39 is 0 Å². The van der Waals surface area contributed by atoms with Crippen LogP contribution >= 0.6 is 0 Å². The molecule has 0 fully saturated rings. The normalized spacial score (nSPS) is 11.2. The average molecular weight is 477 g/mol. The van der Waals surface area contributed by atoms with E-state index in [9.17, 15) is 0 Å². The van der Waals surface area contributed by atoms with E-state index >= 15 is 0 Å². The zero-order valence-electron chi connectivity index (χ0n) is 19.7. The van der Waals surface area contributed by atoms with Gasteiger partial charge in [-0.3, -0.25) is 9.97 Å². The van der Waals surface area contributed by atoms with E-state index in [0.717, 1.165) is 45.1 Å². The molecule has 0 atom stereocenters. The molecule has 6 nitrogen and oxygen atoms in total. The van der Waals surface area contributed by atoms with Crippen molar-refractivity contribution in [3.05, 3.63) is 122 Å². The number of aromatic nitrogens is 6. The van der Waals surface area contributed by atoms with Gasteiger partial charge in [0.25, 0.3) is 0 Å². The minimum absolute atomic E-state index is 0.612. The SMILES string of the molecule is c1ccc(-c2cc(-c3ncc(-n4c5ccccc5c5ccccc54)cn3)cc(-c3ccccn3)n2)nc1. The number of benzene rings is 2. The first kappa shape index (κ1) is 21.1. The van der Waals surface area contributed by atoms with Crippen molar-refractivity contribution >= 4 is 21.8 Å². The van der Waals surface area contributed by atoms with Crippen molar-refractivity contribution in [1.29, 1.82) is 0 Å². The van der Waals surface area contributed by atoms with Crippen LogP contribution in [-0.4, -0.2) is 29.5 Å². The molecule has 0 aliphatic heterocycles. The van der Waals surface area contributed by atoms with Crippen molar-refractivity contribution in [3.8, 4) is 39.9 Å². The van der Waals surface area contributed by atoms with E-state index in [1.807, 2.05) is 60.9 Å². The predicted molar refractivity (Wildman–Crippen MR) is 146 cm³/mol. The summed E-state index contributed by atoms with van der Waals surface area (Å²) in [5, 5.41) is 2.41. The molecular weight excluding hydrogens is 456 g/mol. The van der Waals surface area contributed by atoms with E-state index in [4.69, 9.17) is 15.0 Å². The van der Waals surface area contributed by atoms with E-state index in [0.29, 0.717) is 5.82 Å². The van der Waals surface area contributed by atoms with Crippen LogP contribution in [0.15, 0.2) is 122 Å². The largest absolute Gasteiger partial charge is 0.306 e. The zero-order chi connectivity index (χ0) is 24.6. The van der Waals surface area contributed by atoms with Gasteiger partial charge in [0.05, 0.1) is 51.9 Å². The van der Waals surface area contributed by atoms with Crippen molar-refractivity contribution in [2.75, 3.05) is 0 Å². The fourth-order valence-electron chi connectivity index (χ4n) is 4.74. The Morgan fingerprint density at radius 1 is 0.486 bits per heavy atom. The molecule has 0 radical (unpaired) electrons. The van der Waals surface area contributed by atoms with Gasteiger partial charge in [0, 0.05) is 28.7 Å². The molecule has 0 aliphatic carbocycles. The van der Waals surface area contributed by atoms with Crippen LogP contribution in [-0.2, 0) is 0 Å². The third-order valence-corrected chi connectivity index (χ3v) is 6.41. The first-order valence-corrected chi connectivity index (χ1v) is 12.0. The Bertz CT molecular complexity index is 1750. The van der Waals surface area contributed by atoms with Crippen LogP contribution in [0.5, 0.6) is 0 Å². The summed E-state index contributed by atoms with van der Waals surface area (Å²) in [7, 11) is 0. The molecule has 5 heterocycles. The maximum Gasteiger partial charge on any atom is 0.159 e. The van der Waals surface area contributed by atoms with Gasteiger partial charge in [-0.2, -0.15) is 0 Å². The Balaban J connectivity index is 1.37. The Hall–Kier alpha value is -5.23. The van der Waals surface area contributed by atoms with Crippen LogP contribution in [0, 0.1) is 0 Å². The van der Waals surface area contributed by atoms with Gasteiger partial charge in [0.15, 0.2) is 5.82 Å². The standard InChI is InChI=1S/C31H20N6/c1-3-13-29-23(9-1)24-10-2-4-14-30(24)37(29)22-19-34-31(35-20-22)21-17-27(25-11-5-7-15-32-25)36-28(18-21)26-12-6-8-16-33-26/h1-20H. The van der Waals surface area contributed by atoms with E-state index in [-0.39, 0.29) is 0 Å². The highest BCUT2D eigenvalue weighted by Gasteiger charge is 2.14. The molecule has 174 valence electrons. The summed E-state index contributed by atoms with van der Waals surface area (Å²) in [6, 6.07) is 32.3. The first-order chi connectivity index (χ1) is 18.3. The summed E-state index contributed by atoms with van der Waals surface area (Å²) in [5.74, 6) is 0.612. The maximum absolute atomic E-state index is 4.84. The molecule has 7 rings (SSSR count). The zero-order valence-corrected chi connectivity index (χ0v) is 19.7. The molecule has 0 unspecified atom stereocenters. The van der Waals surface area contributed by atoms with Crippen molar-refractivity contribution in [3.63, 3.8) is 0 Å². The summed E-state index contributed by atoms with van der Waals surface area (Å²) < 4.78 is 2.21. The molecule has 2 aromatic carbocycles. The van der Waals surface area contributed by atoms with Crippen molar-refractivity contribution in [2.24, 2.45) is 0 Å². The summed E-state index contributed by atoms with van der Waals surface area (Å²) >= 11 is 0. The number of hydrogen-bond donors (Lipinski definition) is 0. The highest BCUT2D eigenvalue weighted by atomic mass is 15.0. The Morgan fingerprint density at radius 3 is 1.51 bits per heavy atom. The third kappa shape index (κ3) is 3.72. The smallest absolute Gasteiger partial charge is 0.159 e. The lowest BCUT2D eigenvalue weighted by Gasteiger charge is -2.10. The molecule has 7 aromatic rings. The summed E-state index contributed by atoms with van der Waals surface area (Å²) in [4.78, 5) is 23.4. The molecule has 5 aromatic heterocycles. The van der Waals surface area contributed by atoms with Crippen LogP contribution in [0.2, 0.25) is 0 Å². The van der Waals surface area contributed by atoms with Gasteiger partial charge >= 0.3 is 0 Å². The maximum atomic E-state index is 4.84. The second-order valence-corrected chi connectivity index (χ2v) is 8.69. The monoisotopic (exact) mass is 476 g/mol. The predicted octanol–water partition coefficient (Wildman–Crippen LogP) is 6.76. The second-order valence-electron chi connectivity index (χ2n) is 8.69. The Morgan fingerprint density at radius 2 is 1.00 bits per heavy atom. The molecular formula is C31H20N6. The minimum Gasteiger partial charge on any atom is -0.306 e. The van der Waals surface area contributed by atoms with Crippen LogP contribution in [0.3, 0.4) is 0 Å². The van der Waals surface area contributed by atoms with Crippen LogP contribution in [0.25, 0.3) is 61.7 Å². The number of nitrogens with zero attached hydrogens (tertiary/aromatic N) is 6. The molecule has 0 saturated heterocycles. The number of pyridine rings is 3. The highest BCUT2D eigenvalue weighted by molar-refractivity contribution is 6.09. The molecule has 0 saturated carbocycles. The summed E-state index contributed by atoms with van der Waals surface area (Å²) in [5.41, 5.74) is 7.06. The van der Waals surface area contributed by atoms with Gasteiger partial charge < -0.3 is 4.57 Å². The summed E-state index contributed by atoms with van der Waals surface area (Å²) in [6.45, 7) is 0. The van der Waals surface area contributed by atoms with Crippen molar-refractivity contribution in [1.82, 2.24) is 29.5 Å². The lowest BCUT2D eigenvalue weighted by molar-refractivity contribution is 1.08. The molecule has 0 amide bonds. The number of fused-ring (bicyclic) bond motifs is 3. The fraction of sp³-hybridized carbons (Fsp3) is 0. The highest BCUT2D eigenvalue weighted by Crippen LogP contribution is 2.32. The quantitative estimate of drug-likeness (QED) is 0.281. The summed E-state index contributed by atoms with van der Waals surface area (Å²) in [6.07, 6.45) is 7.29. The topological polar surface area (TPSA) is 69.4 Å². The van der Waals surface area contributed by atoms with Gasteiger partial charge in [-0.25, -0.2) is 15.0 Å². The van der Waals surface area contributed by atoms with Crippen LogP contribution in [0.4, 0.5) is 0 Å². The first-order valence-electron chi connectivity index (χ1n) is 12.0. The van der Waals surface area contributed by atoms with Gasteiger partial charge in [-0.05, 0) is 48.5 Å². The average Bonchev–Trinajstić information content (AvgIpc) is 3.32.